The van der Waals surface area contributed by atoms with Crippen molar-refractivity contribution in [2.24, 2.45) is 0 Å². The zero-order valence-electron chi connectivity index (χ0n) is 14.5. The lowest BCUT2D eigenvalue weighted by molar-refractivity contribution is -0.116. The molecule has 6 heteroatoms. The summed E-state index contributed by atoms with van der Waals surface area (Å²) in [4.78, 5) is 11.9. The van der Waals surface area contributed by atoms with Crippen molar-refractivity contribution in [3.05, 3.63) is 66.2 Å². The Hall–Kier alpha value is -2.44. The van der Waals surface area contributed by atoms with Gasteiger partial charge in [0.05, 0.1) is 5.75 Å². The maximum absolute atomic E-state index is 11.9. The van der Waals surface area contributed by atoms with Gasteiger partial charge in [-0.25, -0.2) is 12.7 Å². The van der Waals surface area contributed by atoms with Gasteiger partial charge in [0, 0.05) is 25.7 Å². The van der Waals surface area contributed by atoms with Crippen LogP contribution in [0.25, 0.3) is 17.2 Å². The second-order valence-electron chi connectivity index (χ2n) is 6.18. The number of carbonyl (C=O) groups is 1. The van der Waals surface area contributed by atoms with Gasteiger partial charge in [0.15, 0.2) is 0 Å². The molecule has 1 heterocycles. The van der Waals surface area contributed by atoms with Crippen LogP contribution in [0.4, 0.5) is 0 Å². The van der Waals surface area contributed by atoms with Gasteiger partial charge in [-0.15, -0.1) is 0 Å². The van der Waals surface area contributed by atoms with E-state index in [0.29, 0.717) is 26.1 Å². The second kappa shape index (κ2) is 8.29. The van der Waals surface area contributed by atoms with E-state index in [-0.39, 0.29) is 11.7 Å². The van der Waals surface area contributed by atoms with Gasteiger partial charge in [-0.3, -0.25) is 4.79 Å². The van der Waals surface area contributed by atoms with E-state index in [1.807, 2.05) is 54.6 Å². The molecule has 1 aliphatic heterocycles. The van der Waals surface area contributed by atoms with Crippen LogP contribution in [0.5, 0.6) is 0 Å². The summed E-state index contributed by atoms with van der Waals surface area (Å²) in [5, 5.41) is 2.73. The third-order valence-corrected chi connectivity index (χ3v) is 6.24. The van der Waals surface area contributed by atoms with E-state index in [2.05, 4.69) is 5.32 Å². The van der Waals surface area contributed by atoms with E-state index in [4.69, 9.17) is 0 Å². The lowest BCUT2D eigenvalue weighted by atomic mass is 10.0. The van der Waals surface area contributed by atoms with E-state index in [0.717, 1.165) is 16.7 Å². The minimum absolute atomic E-state index is 0.207. The Morgan fingerprint density at radius 2 is 1.85 bits per heavy atom. The molecule has 3 rings (SSSR count). The normalized spacial score (nSPS) is 16.8. The van der Waals surface area contributed by atoms with E-state index >= 15 is 0 Å². The van der Waals surface area contributed by atoms with Gasteiger partial charge in [-0.05, 0) is 35.3 Å². The Balaban J connectivity index is 1.54. The molecule has 0 bridgehead atoms. The van der Waals surface area contributed by atoms with Crippen molar-refractivity contribution >= 4 is 22.0 Å². The van der Waals surface area contributed by atoms with Gasteiger partial charge in [0.25, 0.3) is 0 Å². The van der Waals surface area contributed by atoms with Crippen LogP contribution >= 0.6 is 0 Å². The number of hydrogen-bond acceptors (Lipinski definition) is 3. The molecule has 1 aliphatic rings. The minimum atomic E-state index is -3.11. The van der Waals surface area contributed by atoms with E-state index in [1.54, 1.807) is 6.08 Å². The fraction of sp³-hybridized carbons (Fsp3) is 0.250. The highest BCUT2D eigenvalue weighted by Gasteiger charge is 2.27. The summed E-state index contributed by atoms with van der Waals surface area (Å²) in [5.74, 6) is -0.0230. The minimum Gasteiger partial charge on any atom is -0.351 e. The van der Waals surface area contributed by atoms with Crippen LogP contribution in [0, 0.1) is 0 Å². The first-order valence-corrected chi connectivity index (χ1v) is 10.2. The number of hydrogen-bond donors (Lipinski definition) is 1. The highest BCUT2D eigenvalue weighted by molar-refractivity contribution is 7.89. The molecule has 2 aromatic rings. The molecular weight excluding hydrogens is 348 g/mol. The third kappa shape index (κ3) is 4.80. The van der Waals surface area contributed by atoms with Crippen molar-refractivity contribution < 1.29 is 13.2 Å². The summed E-state index contributed by atoms with van der Waals surface area (Å²) in [7, 11) is -3.11. The average Bonchev–Trinajstić information content (AvgIpc) is 2.99. The molecule has 1 saturated heterocycles. The topological polar surface area (TPSA) is 66.5 Å². The number of sulfonamides is 1. The van der Waals surface area contributed by atoms with Crippen LogP contribution in [0.15, 0.2) is 60.7 Å². The quantitative estimate of drug-likeness (QED) is 0.795. The highest BCUT2D eigenvalue weighted by atomic mass is 32.2. The first-order chi connectivity index (χ1) is 12.5. The highest BCUT2D eigenvalue weighted by Crippen LogP contribution is 2.20. The first kappa shape index (κ1) is 18.4. The van der Waals surface area contributed by atoms with Crippen molar-refractivity contribution in [1.82, 2.24) is 9.62 Å². The molecule has 0 aliphatic carbocycles. The molecule has 0 atom stereocenters. The summed E-state index contributed by atoms with van der Waals surface area (Å²) in [6.07, 6.45) is 3.89. The largest absolute Gasteiger partial charge is 0.351 e. The molecule has 0 unspecified atom stereocenters. The molecule has 136 valence electrons. The molecule has 0 radical (unpaired) electrons. The maximum Gasteiger partial charge on any atom is 0.244 e. The second-order valence-corrected chi connectivity index (χ2v) is 8.27. The van der Waals surface area contributed by atoms with Gasteiger partial charge in [-0.1, -0.05) is 48.5 Å². The molecule has 1 fully saturated rings. The van der Waals surface area contributed by atoms with E-state index in [9.17, 15) is 13.2 Å². The number of nitrogens with one attached hydrogen (secondary N) is 1. The van der Waals surface area contributed by atoms with Crippen LogP contribution in [0.3, 0.4) is 0 Å². The zero-order valence-corrected chi connectivity index (χ0v) is 15.3. The van der Waals surface area contributed by atoms with Crippen molar-refractivity contribution in [3.8, 4) is 11.1 Å². The molecule has 26 heavy (non-hydrogen) atoms. The van der Waals surface area contributed by atoms with Gasteiger partial charge >= 0.3 is 0 Å². The summed E-state index contributed by atoms with van der Waals surface area (Å²) >= 11 is 0. The molecule has 0 aromatic heterocycles. The van der Waals surface area contributed by atoms with Crippen LogP contribution < -0.4 is 5.32 Å². The van der Waals surface area contributed by atoms with Gasteiger partial charge < -0.3 is 5.32 Å². The summed E-state index contributed by atoms with van der Waals surface area (Å²) in [5.41, 5.74) is 3.15. The lowest BCUT2D eigenvalue weighted by Gasteiger charge is -2.13. The lowest BCUT2D eigenvalue weighted by Crippen LogP contribution is -2.35. The van der Waals surface area contributed by atoms with Gasteiger partial charge in [-0.2, -0.15) is 0 Å². The predicted molar refractivity (Wildman–Crippen MR) is 104 cm³/mol. The third-order valence-electron chi connectivity index (χ3n) is 4.28. The fourth-order valence-electron chi connectivity index (χ4n) is 2.93. The summed E-state index contributed by atoms with van der Waals surface area (Å²) < 4.78 is 24.8. The Morgan fingerprint density at radius 3 is 2.58 bits per heavy atom. The molecule has 1 amide bonds. The van der Waals surface area contributed by atoms with Gasteiger partial charge in [0.2, 0.25) is 15.9 Å². The Labute approximate surface area is 154 Å². The SMILES string of the molecule is O=C(C=Cc1cccc(-c2ccccc2)c1)NCCN1CCCS1(=O)=O. The standard InChI is InChI=1S/C20H22N2O3S/c23-20(21-12-14-22-13-5-15-26(22,24)25)11-10-17-6-4-9-19(16-17)18-7-2-1-3-8-18/h1-4,6-11,16H,5,12-15H2,(H,21,23). The van der Waals surface area contributed by atoms with Crippen molar-refractivity contribution in [3.63, 3.8) is 0 Å². The average molecular weight is 370 g/mol. The number of nitrogens with zero attached hydrogens (tertiary/aromatic N) is 1. The molecule has 1 N–H and O–H groups in total. The van der Waals surface area contributed by atoms with E-state index < -0.39 is 10.0 Å². The summed E-state index contributed by atoms with van der Waals surface area (Å²) in [6, 6.07) is 18.0. The predicted octanol–water partition coefficient (Wildman–Crippen LogP) is 2.52. The molecule has 0 spiro atoms. The number of amides is 1. The molecule has 2 aromatic carbocycles. The fourth-order valence-corrected chi connectivity index (χ4v) is 4.46. The molecular formula is C20H22N2O3S. The Kier molecular flexibility index (Phi) is 5.85. The van der Waals surface area contributed by atoms with E-state index in [1.165, 1.54) is 10.4 Å². The van der Waals surface area contributed by atoms with Gasteiger partial charge in [0.1, 0.15) is 0 Å². The smallest absolute Gasteiger partial charge is 0.244 e. The zero-order chi connectivity index (χ0) is 18.4. The number of carbonyl (C=O) groups excluding carboxylic acids is 1. The Morgan fingerprint density at radius 1 is 1.08 bits per heavy atom. The first-order valence-electron chi connectivity index (χ1n) is 8.64. The molecule has 0 saturated carbocycles. The van der Waals surface area contributed by atoms with Crippen molar-refractivity contribution in [2.75, 3.05) is 25.4 Å². The maximum atomic E-state index is 11.9. The molecule has 5 nitrogen and oxygen atoms in total. The van der Waals surface area contributed by atoms with Crippen LogP contribution in [-0.4, -0.2) is 44.0 Å². The summed E-state index contributed by atoms with van der Waals surface area (Å²) in [6.45, 7) is 1.18. The van der Waals surface area contributed by atoms with Crippen molar-refractivity contribution in [2.45, 2.75) is 6.42 Å². The van der Waals surface area contributed by atoms with Crippen molar-refractivity contribution in [1.29, 1.82) is 0 Å². The van der Waals surface area contributed by atoms with Crippen LogP contribution in [-0.2, 0) is 14.8 Å². The Bertz CT molecular complexity index is 892. The number of rotatable bonds is 6. The number of benzene rings is 2. The monoisotopic (exact) mass is 370 g/mol. The van der Waals surface area contributed by atoms with Crippen LogP contribution in [0.1, 0.15) is 12.0 Å². The van der Waals surface area contributed by atoms with Crippen LogP contribution in [0.2, 0.25) is 0 Å².